The summed E-state index contributed by atoms with van der Waals surface area (Å²) in [4.78, 5) is 0. The summed E-state index contributed by atoms with van der Waals surface area (Å²) in [6, 6.07) is 19.5. The first-order valence-corrected chi connectivity index (χ1v) is 10.6. The summed E-state index contributed by atoms with van der Waals surface area (Å²) in [6.07, 6.45) is -3.71. The lowest BCUT2D eigenvalue weighted by Gasteiger charge is -2.17. The van der Waals surface area contributed by atoms with Crippen LogP contribution in [0.3, 0.4) is 0 Å². The number of ether oxygens (including phenoxy) is 4. The third kappa shape index (κ3) is 5.97. The van der Waals surface area contributed by atoms with Crippen molar-refractivity contribution in [3.05, 3.63) is 71.8 Å². The van der Waals surface area contributed by atoms with Crippen LogP contribution < -0.4 is 0 Å². The highest BCUT2D eigenvalue weighted by molar-refractivity contribution is 5.31. The van der Waals surface area contributed by atoms with Crippen LogP contribution in [-0.2, 0) is 32.2 Å². The Bertz CT molecular complexity index is 890. The molecule has 32 heavy (non-hydrogen) atoms. The fraction of sp³-hybridized carbons (Fsp3) is 0.385. The van der Waals surface area contributed by atoms with Crippen LogP contribution >= 0.6 is 0 Å². The zero-order valence-corrected chi connectivity index (χ0v) is 17.6. The molecule has 0 aromatic heterocycles. The van der Waals surface area contributed by atoms with Gasteiger partial charge in [0, 0.05) is 0 Å². The van der Waals surface area contributed by atoms with Gasteiger partial charge in [-0.25, -0.2) is 0 Å². The molecule has 0 saturated carbocycles. The Morgan fingerprint density at radius 1 is 0.688 bits per heavy atom. The van der Waals surface area contributed by atoms with Crippen LogP contribution in [0.15, 0.2) is 60.7 Å². The maximum absolute atomic E-state index is 10.2. The van der Waals surface area contributed by atoms with Crippen molar-refractivity contribution < 1.29 is 29.2 Å². The number of hydrogen-bond acceptors (Lipinski definition) is 6. The molecule has 6 nitrogen and oxygen atoms in total. The van der Waals surface area contributed by atoms with Crippen molar-refractivity contribution in [2.45, 2.75) is 49.8 Å². The van der Waals surface area contributed by atoms with Crippen molar-refractivity contribution in [3.8, 4) is 23.7 Å². The summed E-state index contributed by atoms with van der Waals surface area (Å²) in [5, 5.41) is 20.3. The minimum atomic E-state index is -0.741. The number of aliphatic hydroxyl groups excluding tert-OH is 2. The van der Waals surface area contributed by atoms with E-state index in [0.717, 1.165) is 11.1 Å². The monoisotopic (exact) mass is 434 g/mol. The van der Waals surface area contributed by atoms with Gasteiger partial charge in [-0.05, 0) is 23.0 Å². The van der Waals surface area contributed by atoms with E-state index in [-0.39, 0.29) is 13.2 Å². The Morgan fingerprint density at radius 2 is 1.09 bits per heavy atom. The molecule has 2 heterocycles. The second-order valence-electron chi connectivity index (χ2n) is 7.70. The predicted octanol–water partition coefficient (Wildman–Crippen LogP) is 1.68. The second-order valence-corrected chi connectivity index (χ2v) is 7.70. The summed E-state index contributed by atoms with van der Waals surface area (Å²) in [5.74, 6) is 11.4. The zero-order chi connectivity index (χ0) is 22.2. The Morgan fingerprint density at radius 3 is 1.50 bits per heavy atom. The van der Waals surface area contributed by atoms with Crippen LogP contribution in [0.2, 0.25) is 0 Å². The summed E-state index contributed by atoms with van der Waals surface area (Å²) in [7, 11) is 0. The number of aliphatic hydroxyl groups is 2. The molecule has 0 amide bonds. The molecule has 6 atom stereocenters. The molecular formula is C26H26O6. The van der Waals surface area contributed by atoms with Crippen molar-refractivity contribution >= 4 is 0 Å². The van der Waals surface area contributed by atoms with Crippen LogP contribution in [0.4, 0.5) is 0 Å². The summed E-state index contributed by atoms with van der Waals surface area (Å²) >= 11 is 0. The van der Waals surface area contributed by atoms with Gasteiger partial charge in [0.2, 0.25) is 0 Å². The van der Waals surface area contributed by atoms with E-state index in [2.05, 4.69) is 23.7 Å². The first-order valence-electron chi connectivity index (χ1n) is 10.6. The fourth-order valence-corrected chi connectivity index (χ4v) is 3.58. The van der Waals surface area contributed by atoms with Crippen molar-refractivity contribution in [3.63, 3.8) is 0 Å². The van der Waals surface area contributed by atoms with Gasteiger partial charge in [-0.2, -0.15) is 0 Å². The number of rotatable bonds is 6. The average Bonchev–Trinajstić information content (AvgIpc) is 3.36. The molecule has 2 aromatic rings. The van der Waals surface area contributed by atoms with Gasteiger partial charge < -0.3 is 29.2 Å². The molecule has 2 aliphatic rings. The van der Waals surface area contributed by atoms with Gasteiger partial charge >= 0.3 is 0 Å². The lowest BCUT2D eigenvalue weighted by molar-refractivity contribution is -0.0318. The molecule has 2 aromatic carbocycles. The molecular weight excluding hydrogens is 408 g/mol. The maximum atomic E-state index is 10.2. The first-order chi connectivity index (χ1) is 15.7. The number of benzene rings is 2. The Balaban J connectivity index is 1.32. The third-order valence-corrected chi connectivity index (χ3v) is 5.31. The van der Waals surface area contributed by atoms with Gasteiger partial charge in [0.25, 0.3) is 0 Å². The molecule has 6 heteroatoms. The van der Waals surface area contributed by atoms with Gasteiger partial charge in [0.15, 0.2) is 0 Å². The largest absolute Gasteiger partial charge is 0.388 e. The van der Waals surface area contributed by atoms with E-state index in [0.29, 0.717) is 13.2 Å². The minimum absolute atomic E-state index is 0.166. The highest BCUT2D eigenvalue weighted by atomic mass is 16.6. The van der Waals surface area contributed by atoms with Gasteiger partial charge in [0.1, 0.15) is 36.6 Å². The molecule has 0 radical (unpaired) electrons. The third-order valence-electron chi connectivity index (χ3n) is 5.31. The normalized spacial score (nSPS) is 29.1. The van der Waals surface area contributed by atoms with E-state index in [1.807, 2.05) is 60.7 Å². The molecule has 0 bridgehead atoms. The van der Waals surface area contributed by atoms with Gasteiger partial charge in [-0.1, -0.05) is 72.5 Å². The molecule has 0 spiro atoms. The molecule has 166 valence electrons. The van der Waals surface area contributed by atoms with Crippen LogP contribution in [0.5, 0.6) is 0 Å². The van der Waals surface area contributed by atoms with Crippen molar-refractivity contribution in [1.82, 2.24) is 0 Å². The van der Waals surface area contributed by atoms with E-state index >= 15 is 0 Å². The molecule has 4 rings (SSSR count). The van der Waals surface area contributed by atoms with Crippen molar-refractivity contribution in [2.24, 2.45) is 0 Å². The van der Waals surface area contributed by atoms with E-state index < -0.39 is 36.6 Å². The molecule has 2 aliphatic heterocycles. The Labute approximate surface area is 188 Å². The first kappa shape index (κ1) is 22.5. The fourth-order valence-electron chi connectivity index (χ4n) is 3.58. The van der Waals surface area contributed by atoms with Crippen LogP contribution in [0.25, 0.3) is 0 Å². The quantitative estimate of drug-likeness (QED) is 0.674. The minimum Gasteiger partial charge on any atom is -0.388 e. The molecule has 0 aliphatic carbocycles. The average molecular weight is 434 g/mol. The topological polar surface area (TPSA) is 77.4 Å². The van der Waals surface area contributed by atoms with Crippen LogP contribution in [-0.4, -0.2) is 60.1 Å². The van der Waals surface area contributed by atoms with Crippen LogP contribution in [0, 0.1) is 23.7 Å². The van der Waals surface area contributed by atoms with Crippen molar-refractivity contribution in [2.75, 3.05) is 13.2 Å². The molecule has 0 unspecified atom stereocenters. The van der Waals surface area contributed by atoms with E-state index in [4.69, 9.17) is 18.9 Å². The predicted molar refractivity (Wildman–Crippen MR) is 117 cm³/mol. The van der Waals surface area contributed by atoms with E-state index in [1.165, 1.54) is 0 Å². The lowest BCUT2D eigenvalue weighted by atomic mass is 10.1. The molecule has 2 N–H and O–H groups in total. The van der Waals surface area contributed by atoms with Crippen molar-refractivity contribution in [1.29, 1.82) is 0 Å². The smallest absolute Gasteiger partial charge is 0.148 e. The van der Waals surface area contributed by atoms with Gasteiger partial charge in [-0.3, -0.25) is 0 Å². The standard InChI is InChI=1S/C26H26O6/c27-21-17-29-23(25(21)31-15-19-9-3-1-4-10-19)13-7-8-14-24-26(22(28)18-30-24)32-16-20-11-5-2-6-12-20/h1-6,9-12,21-28H,15-18H2/t21-,22-,23-,24-,25+,26+/m1/s1. The summed E-state index contributed by atoms with van der Waals surface area (Å²) < 4.78 is 22.8. The highest BCUT2D eigenvalue weighted by Crippen LogP contribution is 2.20. The molecule has 2 fully saturated rings. The Hall–Kier alpha value is -2.68. The van der Waals surface area contributed by atoms with Gasteiger partial charge in [-0.15, -0.1) is 0 Å². The summed E-state index contributed by atoms with van der Waals surface area (Å²) in [6.45, 7) is 1.06. The van der Waals surface area contributed by atoms with E-state index in [9.17, 15) is 10.2 Å². The van der Waals surface area contributed by atoms with Crippen LogP contribution in [0.1, 0.15) is 11.1 Å². The highest BCUT2D eigenvalue weighted by Gasteiger charge is 2.37. The maximum Gasteiger partial charge on any atom is 0.148 e. The lowest BCUT2D eigenvalue weighted by Crippen LogP contribution is -2.32. The summed E-state index contributed by atoms with van der Waals surface area (Å²) in [5.41, 5.74) is 2.02. The Kier molecular flexibility index (Phi) is 7.92. The molecule has 2 saturated heterocycles. The van der Waals surface area contributed by atoms with E-state index in [1.54, 1.807) is 0 Å². The second kappa shape index (κ2) is 11.3. The zero-order valence-electron chi connectivity index (χ0n) is 17.6. The van der Waals surface area contributed by atoms with Gasteiger partial charge in [0.05, 0.1) is 26.4 Å². The SMILES string of the molecule is O[C@@H]1CO[C@H](C#CC#C[C@H]2OC[C@@H](O)[C@@H]2OCc2ccccc2)[C@H]1OCc1ccccc1. The number of hydrogen-bond donors (Lipinski definition) is 2.